The summed E-state index contributed by atoms with van der Waals surface area (Å²) in [4.78, 5) is 0. The molecule has 1 aromatic carbocycles. The summed E-state index contributed by atoms with van der Waals surface area (Å²) >= 11 is 0. The first-order valence-corrected chi connectivity index (χ1v) is 8.29. The minimum absolute atomic E-state index is 0.126. The molecule has 1 fully saturated rings. The van der Waals surface area contributed by atoms with Crippen molar-refractivity contribution >= 4 is 0 Å². The fourth-order valence-corrected chi connectivity index (χ4v) is 3.56. The van der Waals surface area contributed by atoms with Crippen LogP contribution in [0.15, 0.2) is 24.3 Å². The molecule has 1 heterocycles. The molecular weight excluding hydrogens is 262 g/mol. The summed E-state index contributed by atoms with van der Waals surface area (Å²) in [5.74, 6) is 0.763. The molecule has 0 spiro atoms. The van der Waals surface area contributed by atoms with Gasteiger partial charge in [-0.05, 0) is 49.1 Å². The zero-order chi connectivity index (χ0) is 14.7. The van der Waals surface area contributed by atoms with Crippen LogP contribution in [-0.4, -0.2) is 30.4 Å². The van der Waals surface area contributed by atoms with E-state index < -0.39 is 5.60 Å². The number of nitrogens with one attached hydrogen (secondary N) is 1. The molecule has 2 aliphatic rings. The predicted octanol–water partition coefficient (Wildman–Crippen LogP) is 2.83. The highest BCUT2D eigenvalue weighted by molar-refractivity contribution is 5.31. The number of ether oxygens (including phenoxy) is 1. The second-order valence-corrected chi connectivity index (χ2v) is 6.85. The minimum atomic E-state index is -0.513. The van der Waals surface area contributed by atoms with Crippen molar-refractivity contribution in [2.24, 2.45) is 5.92 Å². The van der Waals surface area contributed by atoms with Gasteiger partial charge in [0.2, 0.25) is 0 Å². The Morgan fingerprint density at radius 3 is 2.86 bits per heavy atom. The lowest BCUT2D eigenvalue weighted by Crippen LogP contribution is -2.44. The van der Waals surface area contributed by atoms with E-state index >= 15 is 0 Å². The monoisotopic (exact) mass is 289 g/mol. The predicted molar refractivity (Wildman–Crippen MR) is 84.3 cm³/mol. The summed E-state index contributed by atoms with van der Waals surface area (Å²) in [6.07, 6.45) is 5.25. The maximum absolute atomic E-state index is 10.6. The first kappa shape index (κ1) is 15.0. The molecule has 0 radical (unpaired) electrons. The lowest BCUT2D eigenvalue weighted by Gasteiger charge is -2.36. The van der Waals surface area contributed by atoms with Crippen LogP contribution in [0.3, 0.4) is 0 Å². The number of hydrogen-bond donors (Lipinski definition) is 2. The summed E-state index contributed by atoms with van der Waals surface area (Å²) in [5.41, 5.74) is 2.20. The van der Waals surface area contributed by atoms with Crippen molar-refractivity contribution in [1.82, 2.24) is 5.32 Å². The molecule has 3 nitrogen and oxygen atoms in total. The molecule has 1 saturated carbocycles. The molecule has 2 N–H and O–H groups in total. The molecule has 1 unspecified atom stereocenters. The lowest BCUT2D eigenvalue weighted by molar-refractivity contribution is -0.0125. The summed E-state index contributed by atoms with van der Waals surface area (Å²) < 4.78 is 5.90. The molecular formula is C18H27NO2. The molecule has 1 atom stereocenters. The van der Waals surface area contributed by atoms with Crippen LogP contribution in [0.2, 0.25) is 0 Å². The summed E-state index contributed by atoms with van der Waals surface area (Å²) in [6, 6.07) is 8.54. The first-order chi connectivity index (χ1) is 10.2. The standard InChI is InChI=1S/C18H27NO2/c1-14-6-9-18(20,10-7-14)13-19-12-17-16-5-3-2-4-15(16)8-11-21-17/h2-5,14,17,19-20H,6-13H2,1H3. The molecule has 0 amide bonds. The third-order valence-electron chi connectivity index (χ3n) is 5.08. The Balaban J connectivity index is 1.52. The number of fused-ring (bicyclic) bond motifs is 1. The van der Waals surface area contributed by atoms with Gasteiger partial charge in [-0.3, -0.25) is 0 Å². The first-order valence-electron chi connectivity index (χ1n) is 8.29. The van der Waals surface area contributed by atoms with E-state index in [1.807, 2.05) is 0 Å². The Morgan fingerprint density at radius 1 is 1.29 bits per heavy atom. The van der Waals surface area contributed by atoms with Crippen LogP contribution in [-0.2, 0) is 11.2 Å². The van der Waals surface area contributed by atoms with Crippen molar-refractivity contribution in [3.63, 3.8) is 0 Å². The van der Waals surface area contributed by atoms with Gasteiger partial charge >= 0.3 is 0 Å². The summed E-state index contributed by atoms with van der Waals surface area (Å²) in [7, 11) is 0. The van der Waals surface area contributed by atoms with Crippen LogP contribution in [0.4, 0.5) is 0 Å². The largest absolute Gasteiger partial charge is 0.389 e. The maximum Gasteiger partial charge on any atom is 0.0952 e. The highest BCUT2D eigenvalue weighted by atomic mass is 16.5. The molecule has 0 saturated heterocycles. The van der Waals surface area contributed by atoms with E-state index in [0.717, 1.165) is 51.2 Å². The lowest BCUT2D eigenvalue weighted by atomic mass is 9.79. The van der Waals surface area contributed by atoms with Crippen LogP contribution in [0, 0.1) is 5.92 Å². The van der Waals surface area contributed by atoms with Gasteiger partial charge in [-0.25, -0.2) is 0 Å². The Bertz CT molecular complexity index is 466. The molecule has 116 valence electrons. The zero-order valence-corrected chi connectivity index (χ0v) is 13.0. The van der Waals surface area contributed by atoms with E-state index in [2.05, 4.69) is 36.5 Å². The molecule has 1 aromatic rings. The van der Waals surface area contributed by atoms with Crippen molar-refractivity contribution in [2.45, 2.75) is 50.7 Å². The van der Waals surface area contributed by atoms with Gasteiger partial charge in [-0.2, -0.15) is 0 Å². The van der Waals surface area contributed by atoms with Crippen molar-refractivity contribution < 1.29 is 9.84 Å². The van der Waals surface area contributed by atoms with Crippen molar-refractivity contribution in [3.8, 4) is 0 Å². The summed E-state index contributed by atoms with van der Waals surface area (Å²) in [6.45, 7) is 4.54. The Morgan fingerprint density at radius 2 is 2.05 bits per heavy atom. The molecule has 21 heavy (non-hydrogen) atoms. The number of benzene rings is 1. The minimum Gasteiger partial charge on any atom is -0.389 e. The van der Waals surface area contributed by atoms with Gasteiger partial charge in [-0.1, -0.05) is 31.2 Å². The van der Waals surface area contributed by atoms with Gasteiger partial charge < -0.3 is 15.2 Å². The zero-order valence-electron chi connectivity index (χ0n) is 13.0. The highest BCUT2D eigenvalue weighted by Crippen LogP contribution is 2.31. The van der Waals surface area contributed by atoms with Crippen molar-refractivity contribution in [2.75, 3.05) is 19.7 Å². The van der Waals surface area contributed by atoms with Crippen molar-refractivity contribution in [1.29, 1.82) is 0 Å². The Labute approximate surface area is 127 Å². The average Bonchev–Trinajstić information content (AvgIpc) is 2.51. The number of aliphatic hydroxyl groups is 1. The van der Waals surface area contributed by atoms with E-state index in [4.69, 9.17) is 4.74 Å². The topological polar surface area (TPSA) is 41.5 Å². The van der Waals surface area contributed by atoms with Gasteiger partial charge in [0.15, 0.2) is 0 Å². The fraction of sp³-hybridized carbons (Fsp3) is 0.667. The number of rotatable bonds is 4. The van der Waals surface area contributed by atoms with E-state index in [1.54, 1.807) is 0 Å². The van der Waals surface area contributed by atoms with Crippen LogP contribution < -0.4 is 5.32 Å². The number of hydrogen-bond acceptors (Lipinski definition) is 3. The van der Waals surface area contributed by atoms with Crippen LogP contribution in [0.25, 0.3) is 0 Å². The van der Waals surface area contributed by atoms with Crippen LogP contribution in [0.5, 0.6) is 0 Å². The third kappa shape index (κ3) is 3.65. The fourth-order valence-electron chi connectivity index (χ4n) is 3.56. The van der Waals surface area contributed by atoms with Gasteiger partial charge in [0.1, 0.15) is 0 Å². The quantitative estimate of drug-likeness (QED) is 0.895. The maximum atomic E-state index is 10.6. The molecule has 0 bridgehead atoms. The van der Waals surface area contributed by atoms with Crippen LogP contribution >= 0.6 is 0 Å². The van der Waals surface area contributed by atoms with E-state index in [9.17, 15) is 5.11 Å². The molecule has 3 rings (SSSR count). The molecule has 1 aliphatic heterocycles. The normalized spacial score (nSPS) is 32.7. The Kier molecular flexibility index (Phi) is 4.63. The third-order valence-corrected chi connectivity index (χ3v) is 5.08. The van der Waals surface area contributed by atoms with Gasteiger partial charge in [0.25, 0.3) is 0 Å². The van der Waals surface area contributed by atoms with E-state index in [0.29, 0.717) is 6.54 Å². The molecule has 0 aromatic heterocycles. The van der Waals surface area contributed by atoms with Crippen LogP contribution in [0.1, 0.15) is 49.8 Å². The highest BCUT2D eigenvalue weighted by Gasteiger charge is 2.31. The SMILES string of the molecule is CC1CCC(O)(CNCC2OCCc3ccccc32)CC1. The summed E-state index contributed by atoms with van der Waals surface area (Å²) in [5, 5.41) is 14.1. The van der Waals surface area contributed by atoms with E-state index in [-0.39, 0.29) is 6.10 Å². The van der Waals surface area contributed by atoms with Gasteiger partial charge in [0.05, 0.1) is 18.3 Å². The molecule has 1 aliphatic carbocycles. The van der Waals surface area contributed by atoms with Gasteiger partial charge in [0, 0.05) is 13.1 Å². The second kappa shape index (κ2) is 6.47. The molecule has 3 heteroatoms. The average molecular weight is 289 g/mol. The Hall–Kier alpha value is -0.900. The smallest absolute Gasteiger partial charge is 0.0952 e. The van der Waals surface area contributed by atoms with E-state index in [1.165, 1.54) is 11.1 Å². The second-order valence-electron chi connectivity index (χ2n) is 6.85. The van der Waals surface area contributed by atoms with Gasteiger partial charge in [-0.15, -0.1) is 0 Å². The van der Waals surface area contributed by atoms with Crippen molar-refractivity contribution in [3.05, 3.63) is 35.4 Å².